The molecule has 2 aromatic carbocycles. The highest BCUT2D eigenvalue weighted by atomic mass is 16.5. The number of carbonyl (C=O) groups is 2. The zero-order valence-electron chi connectivity index (χ0n) is 20.2. The number of rotatable bonds is 13. The lowest BCUT2D eigenvalue weighted by atomic mass is 9.77. The van der Waals surface area contributed by atoms with Crippen LogP contribution in [0.3, 0.4) is 0 Å². The molecule has 0 spiro atoms. The molecule has 0 aliphatic carbocycles. The SMILES string of the molecule is Cc1ccc(C(c2ccccc2)C2CCCN(CCCCCNC(=O)COCC(=O)[O-])C2)cc1. The summed E-state index contributed by atoms with van der Waals surface area (Å²) in [6, 6.07) is 19.9. The van der Waals surface area contributed by atoms with Crippen LogP contribution in [-0.4, -0.2) is 56.2 Å². The Morgan fingerprint density at radius 1 is 1.03 bits per heavy atom. The molecule has 1 amide bonds. The van der Waals surface area contributed by atoms with E-state index in [2.05, 4.69) is 71.7 Å². The van der Waals surface area contributed by atoms with Crippen LogP contribution in [0.25, 0.3) is 0 Å². The standard InChI is InChI=1S/C28H38N2O4/c1-22-12-14-24(15-13-22)28(23-9-4-2-5-10-23)25-11-8-18-30(19-25)17-7-3-6-16-29-26(31)20-34-21-27(32)33/h2,4-5,9-10,12-15,25,28H,3,6-8,11,16-21H2,1H3,(H,29,31)(H,32,33)/p-1. The number of likely N-dealkylation sites (tertiary alicyclic amines) is 1. The maximum absolute atomic E-state index is 11.6. The highest BCUT2D eigenvalue weighted by Gasteiger charge is 2.29. The fourth-order valence-electron chi connectivity index (χ4n) is 4.88. The zero-order chi connectivity index (χ0) is 24.2. The first kappa shape index (κ1) is 25.9. The van der Waals surface area contributed by atoms with Crippen molar-refractivity contribution in [3.05, 3.63) is 71.3 Å². The molecule has 2 aromatic rings. The van der Waals surface area contributed by atoms with Crippen molar-refractivity contribution in [2.75, 3.05) is 39.4 Å². The van der Waals surface area contributed by atoms with E-state index in [0.717, 1.165) is 38.9 Å². The van der Waals surface area contributed by atoms with Gasteiger partial charge in [-0.15, -0.1) is 0 Å². The predicted octanol–water partition coefficient (Wildman–Crippen LogP) is 2.89. The highest BCUT2D eigenvalue weighted by Crippen LogP contribution is 2.37. The molecule has 1 fully saturated rings. The summed E-state index contributed by atoms with van der Waals surface area (Å²) >= 11 is 0. The lowest BCUT2D eigenvalue weighted by molar-refractivity contribution is -0.309. The Kier molecular flexibility index (Phi) is 10.6. The van der Waals surface area contributed by atoms with E-state index >= 15 is 0 Å². The van der Waals surface area contributed by atoms with E-state index in [1.54, 1.807) is 0 Å². The lowest BCUT2D eigenvalue weighted by Crippen LogP contribution is -2.38. The zero-order valence-corrected chi connectivity index (χ0v) is 20.2. The third-order valence-electron chi connectivity index (χ3n) is 6.53. The van der Waals surface area contributed by atoms with Crippen LogP contribution in [0.4, 0.5) is 0 Å². The number of nitrogens with zero attached hydrogens (tertiary/aromatic N) is 1. The molecule has 1 aliphatic rings. The van der Waals surface area contributed by atoms with Crippen molar-refractivity contribution in [3.63, 3.8) is 0 Å². The number of unbranched alkanes of at least 4 members (excludes halogenated alkanes) is 2. The van der Waals surface area contributed by atoms with Gasteiger partial charge in [-0.05, 0) is 62.7 Å². The van der Waals surface area contributed by atoms with Crippen LogP contribution >= 0.6 is 0 Å². The number of hydrogen-bond acceptors (Lipinski definition) is 5. The molecule has 1 aliphatic heterocycles. The van der Waals surface area contributed by atoms with Crippen LogP contribution in [-0.2, 0) is 14.3 Å². The van der Waals surface area contributed by atoms with Gasteiger partial charge in [0.15, 0.2) is 0 Å². The Bertz CT molecular complexity index is 885. The van der Waals surface area contributed by atoms with Crippen molar-refractivity contribution < 1.29 is 19.4 Å². The lowest BCUT2D eigenvalue weighted by Gasteiger charge is -2.37. The number of nitrogens with one attached hydrogen (secondary N) is 1. The number of amides is 1. The first-order chi connectivity index (χ1) is 16.5. The quantitative estimate of drug-likeness (QED) is 0.460. The molecule has 6 nitrogen and oxygen atoms in total. The molecule has 0 aromatic heterocycles. The molecule has 6 heteroatoms. The summed E-state index contributed by atoms with van der Waals surface area (Å²) in [4.78, 5) is 24.5. The van der Waals surface area contributed by atoms with Gasteiger partial charge in [-0.2, -0.15) is 0 Å². The highest BCUT2D eigenvalue weighted by molar-refractivity contribution is 5.77. The Morgan fingerprint density at radius 3 is 2.50 bits per heavy atom. The molecule has 0 bridgehead atoms. The van der Waals surface area contributed by atoms with Crippen LogP contribution in [0.5, 0.6) is 0 Å². The smallest absolute Gasteiger partial charge is 0.246 e. The maximum Gasteiger partial charge on any atom is 0.246 e. The summed E-state index contributed by atoms with van der Waals surface area (Å²) in [5, 5.41) is 13.1. The van der Waals surface area contributed by atoms with E-state index in [1.165, 1.54) is 29.5 Å². The van der Waals surface area contributed by atoms with Crippen molar-refractivity contribution in [1.29, 1.82) is 0 Å². The summed E-state index contributed by atoms with van der Waals surface area (Å²) in [7, 11) is 0. The minimum atomic E-state index is -1.32. The van der Waals surface area contributed by atoms with Crippen molar-refractivity contribution in [1.82, 2.24) is 10.2 Å². The molecule has 2 unspecified atom stereocenters. The van der Waals surface area contributed by atoms with Gasteiger partial charge in [0.1, 0.15) is 6.61 Å². The number of benzene rings is 2. The number of hydrogen-bond donors (Lipinski definition) is 1. The average molecular weight is 466 g/mol. The fraction of sp³-hybridized carbons (Fsp3) is 0.500. The van der Waals surface area contributed by atoms with Crippen molar-refractivity contribution in [2.45, 2.75) is 44.9 Å². The summed E-state index contributed by atoms with van der Waals surface area (Å²) in [5.41, 5.74) is 4.10. The number of piperidine rings is 1. The van der Waals surface area contributed by atoms with E-state index in [1.807, 2.05) is 0 Å². The largest absolute Gasteiger partial charge is 0.548 e. The number of aliphatic carboxylic acids is 1. The minimum absolute atomic E-state index is 0.243. The fourth-order valence-corrected chi connectivity index (χ4v) is 4.88. The summed E-state index contributed by atoms with van der Waals surface area (Å²) in [6.07, 6.45) is 5.52. The van der Waals surface area contributed by atoms with Gasteiger partial charge in [0, 0.05) is 19.0 Å². The Hall–Kier alpha value is -2.70. The Balaban J connectivity index is 1.44. The molecule has 1 saturated heterocycles. The monoisotopic (exact) mass is 465 g/mol. The van der Waals surface area contributed by atoms with Gasteiger partial charge in [-0.3, -0.25) is 4.79 Å². The number of aryl methyl sites for hydroxylation is 1. The molecule has 3 rings (SSSR count). The van der Waals surface area contributed by atoms with Gasteiger partial charge >= 0.3 is 0 Å². The van der Waals surface area contributed by atoms with Crippen molar-refractivity contribution in [2.24, 2.45) is 5.92 Å². The molecular weight excluding hydrogens is 428 g/mol. The second-order valence-corrected chi connectivity index (χ2v) is 9.28. The molecule has 0 radical (unpaired) electrons. The van der Waals surface area contributed by atoms with Crippen molar-refractivity contribution >= 4 is 11.9 Å². The molecule has 0 saturated carbocycles. The van der Waals surface area contributed by atoms with Gasteiger partial charge in [-0.1, -0.05) is 66.6 Å². The number of carboxylic acids is 1. The molecule has 1 N–H and O–H groups in total. The van der Waals surface area contributed by atoms with E-state index < -0.39 is 12.6 Å². The first-order valence-electron chi connectivity index (χ1n) is 12.4. The topological polar surface area (TPSA) is 81.7 Å². The van der Waals surface area contributed by atoms with Gasteiger partial charge in [-0.25, -0.2) is 0 Å². The van der Waals surface area contributed by atoms with E-state index in [-0.39, 0.29) is 12.5 Å². The third-order valence-corrected chi connectivity index (χ3v) is 6.53. The van der Waals surface area contributed by atoms with E-state index in [9.17, 15) is 14.7 Å². The molecular formula is C28H37N2O4-. The van der Waals surface area contributed by atoms with Crippen LogP contribution < -0.4 is 10.4 Å². The van der Waals surface area contributed by atoms with Crippen molar-refractivity contribution in [3.8, 4) is 0 Å². The normalized spacial score (nSPS) is 17.3. The van der Waals surface area contributed by atoms with Crippen LogP contribution in [0.1, 0.15) is 54.7 Å². The summed E-state index contributed by atoms with van der Waals surface area (Å²) in [5.74, 6) is -0.594. The molecule has 34 heavy (non-hydrogen) atoms. The second-order valence-electron chi connectivity index (χ2n) is 9.28. The molecule has 1 heterocycles. The maximum atomic E-state index is 11.6. The number of ether oxygens (including phenoxy) is 1. The molecule has 184 valence electrons. The number of carboxylic acid groups (broad SMARTS) is 1. The van der Waals surface area contributed by atoms with E-state index in [4.69, 9.17) is 4.74 Å². The third kappa shape index (κ3) is 8.58. The number of carbonyl (C=O) groups excluding carboxylic acids is 2. The Labute approximate surface area is 203 Å². The van der Waals surface area contributed by atoms with Crippen LogP contribution in [0.15, 0.2) is 54.6 Å². The second kappa shape index (κ2) is 13.9. The van der Waals surface area contributed by atoms with Gasteiger partial charge in [0.05, 0.1) is 12.6 Å². The summed E-state index contributed by atoms with van der Waals surface area (Å²) in [6.45, 7) is 5.26. The summed E-state index contributed by atoms with van der Waals surface area (Å²) < 4.78 is 4.73. The van der Waals surface area contributed by atoms with E-state index in [0.29, 0.717) is 18.4 Å². The predicted molar refractivity (Wildman–Crippen MR) is 131 cm³/mol. The average Bonchev–Trinajstić information content (AvgIpc) is 2.83. The van der Waals surface area contributed by atoms with Crippen LogP contribution in [0, 0.1) is 12.8 Å². The molecule has 2 atom stereocenters. The Morgan fingerprint density at radius 2 is 1.76 bits per heavy atom. The van der Waals surface area contributed by atoms with Gasteiger partial charge in [0.25, 0.3) is 0 Å². The van der Waals surface area contributed by atoms with Crippen LogP contribution in [0.2, 0.25) is 0 Å². The first-order valence-corrected chi connectivity index (χ1v) is 12.4. The minimum Gasteiger partial charge on any atom is -0.548 e. The van der Waals surface area contributed by atoms with Gasteiger partial charge in [0.2, 0.25) is 5.91 Å². The van der Waals surface area contributed by atoms with Gasteiger partial charge < -0.3 is 24.9 Å².